The van der Waals surface area contributed by atoms with Crippen LogP contribution >= 0.6 is 0 Å². The van der Waals surface area contributed by atoms with E-state index in [1.165, 1.54) is 0 Å². The minimum atomic E-state index is 0.0868. The lowest BCUT2D eigenvalue weighted by molar-refractivity contribution is -0.119. The van der Waals surface area contributed by atoms with Crippen molar-refractivity contribution < 1.29 is 4.79 Å². The van der Waals surface area contributed by atoms with E-state index in [9.17, 15) is 4.79 Å². The topological polar surface area (TPSA) is 32.3 Å². The van der Waals surface area contributed by atoms with E-state index in [2.05, 4.69) is 31.1 Å². The molecule has 1 saturated heterocycles. The van der Waals surface area contributed by atoms with E-state index in [1.54, 1.807) is 0 Å². The number of nitrogens with zero attached hydrogens (tertiary/aromatic N) is 1. The summed E-state index contributed by atoms with van der Waals surface area (Å²) in [4.78, 5) is 13.5. The summed E-state index contributed by atoms with van der Waals surface area (Å²) in [5.41, 5.74) is 0. The molecule has 1 unspecified atom stereocenters. The normalized spacial score (nSPS) is 23.5. The quantitative estimate of drug-likeness (QED) is 0.691. The first-order valence-corrected chi connectivity index (χ1v) is 5.04. The molecule has 1 N–H and O–H groups in total. The second-order valence-corrected chi connectivity index (χ2v) is 4.34. The highest BCUT2D eigenvalue weighted by Crippen LogP contribution is 2.03. The first kappa shape index (κ1) is 10.7. The molecule has 13 heavy (non-hydrogen) atoms. The van der Waals surface area contributed by atoms with Crippen LogP contribution in [0.25, 0.3) is 0 Å². The SMILES string of the molecule is CC(C)CN(C)CC1NCCC1=O. The maximum absolute atomic E-state index is 11.3. The van der Waals surface area contributed by atoms with Crippen molar-refractivity contribution in [3.05, 3.63) is 0 Å². The third-order valence-corrected chi connectivity index (χ3v) is 2.32. The molecule has 1 rings (SSSR count). The van der Waals surface area contributed by atoms with Crippen molar-refractivity contribution in [2.75, 3.05) is 26.7 Å². The maximum Gasteiger partial charge on any atom is 0.152 e. The first-order chi connectivity index (χ1) is 6.09. The van der Waals surface area contributed by atoms with Gasteiger partial charge in [-0.1, -0.05) is 13.8 Å². The van der Waals surface area contributed by atoms with Gasteiger partial charge in [-0.3, -0.25) is 4.79 Å². The summed E-state index contributed by atoms with van der Waals surface area (Å²) < 4.78 is 0. The number of rotatable bonds is 4. The number of Topliss-reactive ketones (excluding diaryl/α,β-unsaturated/α-hetero) is 1. The van der Waals surface area contributed by atoms with Gasteiger partial charge in [-0.25, -0.2) is 0 Å². The van der Waals surface area contributed by atoms with Crippen LogP contribution in [0.3, 0.4) is 0 Å². The molecule has 1 atom stereocenters. The summed E-state index contributed by atoms with van der Waals surface area (Å²) in [7, 11) is 2.08. The Morgan fingerprint density at radius 2 is 2.31 bits per heavy atom. The fourth-order valence-electron chi connectivity index (χ4n) is 1.83. The Bertz CT molecular complexity index is 180. The molecule has 76 valence electrons. The van der Waals surface area contributed by atoms with Crippen LogP contribution in [0.4, 0.5) is 0 Å². The van der Waals surface area contributed by atoms with Crippen molar-refractivity contribution >= 4 is 5.78 Å². The molecule has 3 heteroatoms. The third kappa shape index (κ3) is 3.44. The number of likely N-dealkylation sites (N-methyl/N-ethyl adjacent to an activating group) is 1. The van der Waals surface area contributed by atoms with Gasteiger partial charge in [0.05, 0.1) is 6.04 Å². The molecule has 0 spiro atoms. The van der Waals surface area contributed by atoms with Crippen LogP contribution in [0.1, 0.15) is 20.3 Å². The van der Waals surface area contributed by atoms with Crippen molar-refractivity contribution in [2.24, 2.45) is 5.92 Å². The average molecular weight is 184 g/mol. The van der Waals surface area contributed by atoms with Gasteiger partial charge in [0.15, 0.2) is 5.78 Å². The number of nitrogens with one attached hydrogen (secondary N) is 1. The second-order valence-electron chi connectivity index (χ2n) is 4.34. The van der Waals surface area contributed by atoms with Crippen molar-refractivity contribution in [1.29, 1.82) is 0 Å². The van der Waals surface area contributed by atoms with Gasteiger partial charge in [0, 0.05) is 26.1 Å². The van der Waals surface area contributed by atoms with Gasteiger partial charge in [0.1, 0.15) is 0 Å². The molecule has 0 aromatic heterocycles. The van der Waals surface area contributed by atoms with E-state index < -0.39 is 0 Å². The van der Waals surface area contributed by atoms with E-state index in [-0.39, 0.29) is 6.04 Å². The van der Waals surface area contributed by atoms with E-state index in [4.69, 9.17) is 0 Å². The monoisotopic (exact) mass is 184 g/mol. The zero-order valence-corrected chi connectivity index (χ0v) is 8.84. The number of carbonyl (C=O) groups excluding carboxylic acids is 1. The smallest absolute Gasteiger partial charge is 0.152 e. The lowest BCUT2D eigenvalue weighted by atomic mass is 10.1. The Kier molecular flexibility index (Phi) is 3.88. The van der Waals surface area contributed by atoms with Crippen molar-refractivity contribution in [3.63, 3.8) is 0 Å². The summed E-state index contributed by atoms with van der Waals surface area (Å²) >= 11 is 0. The zero-order chi connectivity index (χ0) is 9.84. The van der Waals surface area contributed by atoms with Crippen LogP contribution in [0.5, 0.6) is 0 Å². The number of hydrogen-bond acceptors (Lipinski definition) is 3. The van der Waals surface area contributed by atoms with Crippen molar-refractivity contribution in [3.8, 4) is 0 Å². The average Bonchev–Trinajstić information content (AvgIpc) is 2.34. The van der Waals surface area contributed by atoms with Gasteiger partial charge >= 0.3 is 0 Å². The summed E-state index contributed by atoms with van der Waals surface area (Å²) in [6.45, 7) is 7.17. The number of ketones is 1. The predicted octanol–water partition coefficient (Wildman–Crippen LogP) is 0.505. The second kappa shape index (κ2) is 4.72. The molecule has 0 radical (unpaired) electrons. The number of carbonyl (C=O) groups is 1. The molecule has 1 heterocycles. The molecule has 0 saturated carbocycles. The van der Waals surface area contributed by atoms with Crippen LogP contribution in [0.2, 0.25) is 0 Å². The predicted molar refractivity (Wildman–Crippen MR) is 53.7 cm³/mol. The maximum atomic E-state index is 11.3. The van der Waals surface area contributed by atoms with Crippen LogP contribution in [0, 0.1) is 5.92 Å². The Labute approximate surface area is 80.5 Å². The molecule has 3 nitrogen and oxygen atoms in total. The zero-order valence-electron chi connectivity index (χ0n) is 8.84. The van der Waals surface area contributed by atoms with E-state index in [1.807, 2.05) is 0 Å². The van der Waals surface area contributed by atoms with Gasteiger partial charge in [-0.2, -0.15) is 0 Å². The standard InChI is InChI=1S/C10H20N2O/c1-8(2)6-12(3)7-9-10(13)4-5-11-9/h8-9,11H,4-7H2,1-3H3. The van der Waals surface area contributed by atoms with E-state index in [0.717, 1.165) is 19.6 Å². The van der Waals surface area contributed by atoms with Crippen LogP contribution < -0.4 is 5.32 Å². The van der Waals surface area contributed by atoms with Gasteiger partial charge in [0.25, 0.3) is 0 Å². The van der Waals surface area contributed by atoms with E-state index >= 15 is 0 Å². The summed E-state index contributed by atoms with van der Waals surface area (Å²) in [5.74, 6) is 1.04. The molecular weight excluding hydrogens is 164 g/mol. The Hall–Kier alpha value is -0.410. The summed E-state index contributed by atoms with van der Waals surface area (Å²) in [6.07, 6.45) is 0.709. The van der Waals surface area contributed by atoms with Gasteiger partial charge in [-0.15, -0.1) is 0 Å². The highest BCUT2D eigenvalue weighted by molar-refractivity contribution is 5.86. The van der Waals surface area contributed by atoms with Crippen LogP contribution in [-0.4, -0.2) is 43.4 Å². The minimum absolute atomic E-state index is 0.0868. The van der Waals surface area contributed by atoms with Crippen LogP contribution in [-0.2, 0) is 4.79 Å². The highest BCUT2D eigenvalue weighted by Gasteiger charge is 2.24. The molecule has 0 aliphatic carbocycles. The van der Waals surface area contributed by atoms with Gasteiger partial charge in [0.2, 0.25) is 0 Å². The Balaban J connectivity index is 2.27. The lowest BCUT2D eigenvalue weighted by Gasteiger charge is -2.21. The molecule has 1 aliphatic heterocycles. The molecule has 0 amide bonds. The van der Waals surface area contributed by atoms with Crippen molar-refractivity contribution in [2.45, 2.75) is 26.3 Å². The largest absolute Gasteiger partial charge is 0.306 e. The number of hydrogen-bond donors (Lipinski definition) is 1. The van der Waals surface area contributed by atoms with Gasteiger partial charge < -0.3 is 10.2 Å². The summed E-state index contributed by atoms with van der Waals surface area (Å²) in [5, 5.41) is 3.22. The third-order valence-electron chi connectivity index (χ3n) is 2.32. The van der Waals surface area contributed by atoms with E-state index in [0.29, 0.717) is 18.1 Å². The fraction of sp³-hybridized carbons (Fsp3) is 0.900. The van der Waals surface area contributed by atoms with Crippen molar-refractivity contribution in [1.82, 2.24) is 10.2 Å². The van der Waals surface area contributed by atoms with Crippen LogP contribution in [0.15, 0.2) is 0 Å². The van der Waals surface area contributed by atoms with Gasteiger partial charge in [-0.05, 0) is 13.0 Å². The molecule has 0 aromatic rings. The molecule has 0 bridgehead atoms. The molecule has 1 aliphatic rings. The molecule has 1 fully saturated rings. The highest BCUT2D eigenvalue weighted by atomic mass is 16.1. The lowest BCUT2D eigenvalue weighted by Crippen LogP contribution is -2.40. The minimum Gasteiger partial charge on any atom is -0.306 e. The Morgan fingerprint density at radius 3 is 2.77 bits per heavy atom. The Morgan fingerprint density at radius 1 is 1.62 bits per heavy atom. The fourth-order valence-corrected chi connectivity index (χ4v) is 1.83. The first-order valence-electron chi connectivity index (χ1n) is 5.04. The molecular formula is C10H20N2O. The molecule has 0 aromatic carbocycles. The summed E-state index contributed by atoms with van der Waals surface area (Å²) in [6, 6.07) is 0.0868.